The number of carbonyl (C=O) groups excluding carboxylic acids is 2. The third-order valence-electron chi connectivity index (χ3n) is 4.68. The molecule has 0 atom stereocenters. The summed E-state index contributed by atoms with van der Waals surface area (Å²) in [5.41, 5.74) is 1.32. The SMILES string of the molecule is COC(=O)CCN(CC(=O)Nc1ccc(OC)c(S(=O)(=O)N(C)C)c1)Cc1ccccc1. The number of hydrogen-bond donors (Lipinski definition) is 1. The summed E-state index contributed by atoms with van der Waals surface area (Å²) in [4.78, 5) is 26.1. The van der Waals surface area contributed by atoms with Crippen molar-refractivity contribution in [1.29, 1.82) is 0 Å². The first-order valence-corrected chi connectivity index (χ1v) is 11.3. The van der Waals surface area contributed by atoms with Crippen LogP contribution in [-0.2, 0) is 30.9 Å². The predicted octanol–water partition coefficient (Wildman–Crippen LogP) is 1.95. The molecule has 2 aromatic carbocycles. The zero-order valence-corrected chi connectivity index (χ0v) is 19.5. The van der Waals surface area contributed by atoms with Gasteiger partial charge in [0.2, 0.25) is 15.9 Å². The highest BCUT2D eigenvalue weighted by Crippen LogP contribution is 2.28. The molecule has 0 heterocycles. The molecule has 0 saturated carbocycles. The number of amides is 1. The van der Waals surface area contributed by atoms with Crippen molar-refractivity contribution in [2.24, 2.45) is 0 Å². The van der Waals surface area contributed by atoms with Crippen molar-refractivity contribution in [2.75, 3.05) is 46.7 Å². The Balaban J connectivity index is 2.16. The number of esters is 1. The molecule has 0 fully saturated rings. The van der Waals surface area contributed by atoms with Crippen LogP contribution in [0, 0.1) is 0 Å². The maximum Gasteiger partial charge on any atom is 0.306 e. The number of rotatable bonds is 11. The van der Waals surface area contributed by atoms with Crippen molar-refractivity contribution in [3.8, 4) is 5.75 Å². The van der Waals surface area contributed by atoms with Crippen LogP contribution in [-0.4, -0.2) is 70.9 Å². The Labute approximate surface area is 189 Å². The monoisotopic (exact) mass is 463 g/mol. The number of benzene rings is 2. The lowest BCUT2D eigenvalue weighted by molar-refractivity contribution is -0.141. The number of anilines is 1. The van der Waals surface area contributed by atoms with E-state index in [0.717, 1.165) is 9.87 Å². The molecule has 0 unspecified atom stereocenters. The Morgan fingerprint density at radius 2 is 1.72 bits per heavy atom. The normalized spacial score (nSPS) is 11.4. The Hall–Kier alpha value is -2.95. The smallest absolute Gasteiger partial charge is 0.306 e. The van der Waals surface area contributed by atoms with E-state index in [9.17, 15) is 18.0 Å². The number of nitrogens with zero attached hydrogens (tertiary/aromatic N) is 2. The van der Waals surface area contributed by atoms with Gasteiger partial charge >= 0.3 is 5.97 Å². The minimum Gasteiger partial charge on any atom is -0.495 e. The molecule has 0 aliphatic carbocycles. The number of sulfonamides is 1. The zero-order chi connectivity index (χ0) is 23.7. The van der Waals surface area contributed by atoms with Gasteiger partial charge in [-0.2, -0.15) is 0 Å². The van der Waals surface area contributed by atoms with E-state index < -0.39 is 10.0 Å². The molecule has 2 rings (SSSR count). The molecule has 2 aromatic rings. The molecule has 0 aliphatic heterocycles. The van der Waals surface area contributed by atoms with Gasteiger partial charge in [-0.1, -0.05) is 30.3 Å². The Morgan fingerprint density at radius 3 is 2.31 bits per heavy atom. The van der Waals surface area contributed by atoms with Gasteiger partial charge in [0.15, 0.2) is 0 Å². The molecule has 0 bridgehead atoms. The van der Waals surface area contributed by atoms with Crippen molar-refractivity contribution >= 4 is 27.6 Å². The second-order valence-corrected chi connectivity index (χ2v) is 9.34. The van der Waals surface area contributed by atoms with E-state index in [0.29, 0.717) is 18.8 Å². The van der Waals surface area contributed by atoms with E-state index >= 15 is 0 Å². The van der Waals surface area contributed by atoms with Crippen molar-refractivity contribution in [2.45, 2.75) is 17.9 Å². The molecule has 10 heteroatoms. The number of ether oxygens (including phenoxy) is 2. The Kier molecular flexibility index (Phi) is 9.18. The summed E-state index contributed by atoms with van der Waals surface area (Å²) in [5, 5.41) is 2.73. The average Bonchev–Trinajstić information content (AvgIpc) is 2.77. The van der Waals surface area contributed by atoms with Gasteiger partial charge in [0.05, 0.1) is 27.2 Å². The first kappa shape index (κ1) is 25.3. The highest BCUT2D eigenvalue weighted by atomic mass is 32.2. The van der Waals surface area contributed by atoms with E-state index in [1.807, 2.05) is 35.2 Å². The van der Waals surface area contributed by atoms with Gasteiger partial charge in [-0.3, -0.25) is 14.5 Å². The minimum absolute atomic E-state index is 0.00762. The maximum absolute atomic E-state index is 12.7. The highest BCUT2D eigenvalue weighted by molar-refractivity contribution is 7.89. The molecular formula is C22H29N3O6S. The lowest BCUT2D eigenvalue weighted by atomic mass is 10.2. The van der Waals surface area contributed by atoms with E-state index in [1.165, 1.54) is 40.4 Å². The van der Waals surface area contributed by atoms with Crippen LogP contribution in [0.1, 0.15) is 12.0 Å². The summed E-state index contributed by atoms with van der Waals surface area (Å²) in [7, 11) is 1.77. The predicted molar refractivity (Wildman–Crippen MR) is 121 cm³/mol. The van der Waals surface area contributed by atoms with Gasteiger partial charge in [-0.25, -0.2) is 12.7 Å². The standard InChI is InChI=1S/C22H29N3O6S/c1-24(2)32(28,29)20-14-18(10-11-19(20)30-3)23-21(26)16-25(13-12-22(27)31-4)15-17-8-6-5-7-9-17/h5-11,14H,12-13,15-16H2,1-4H3,(H,23,26). The second-order valence-electron chi connectivity index (χ2n) is 7.22. The van der Waals surface area contributed by atoms with E-state index in [-0.39, 0.29) is 35.5 Å². The first-order chi connectivity index (χ1) is 15.2. The molecule has 0 radical (unpaired) electrons. The fraction of sp³-hybridized carbons (Fsp3) is 0.364. The van der Waals surface area contributed by atoms with E-state index in [1.54, 1.807) is 6.07 Å². The number of methoxy groups -OCH3 is 2. The molecule has 0 aromatic heterocycles. The van der Waals surface area contributed by atoms with Crippen molar-refractivity contribution in [1.82, 2.24) is 9.21 Å². The van der Waals surface area contributed by atoms with Gasteiger partial charge in [0.25, 0.3) is 0 Å². The van der Waals surface area contributed by atoms with Crippen molar-refractivity contribution in [3.63, 3.8) is 0 Å². The fourth-order valence-electron chi connectivity index (χ4n) is 2.96. The molecule has 32 heavy (non-hydrogen) atoms. The third-order valence-corrected chi connectivity index (χ3v) is 6.52. The third kappa shape index (κ3) is 7.04. The Bertz CT molecular complexity index is 1030. The molecule has 1 N–H and O–H groups in total. The summed E-state index contributed by atoms with van der Waals surface area (Å²) in [6.07, 6.45) is 0.143. The first-order valence-electron chi connectivity index (χ1n) is 9.91. The lowest BCUT2D eigenvalue weighted by Crippen LogP contribution is -2.34. The molecular weight excluding hydrogens is 434 g/mol. The second kappa shape index (κ2) is 11.6. The molecule has 0 saturated heterocycles. The summed E-state index contributed by atoms with van der Waals surface area (Å²) in [6, 6.07) is 14.0. The van der Waals surface area contributed by atoms with Crippen LogP contribution < -0.4 is 10.1 Å². The largest absolute Gasteiger partial charge is 0.495 e. The average molecular weight is 464 g/mol. The van der Waals surface area contributed by atoms with Crippen LogP contribution in [0.2, 0.25) is 0 Å². The highest BCUT2D eigenvalue weighted by Gasteiger charge is 2.23. The molecule has 9 nitrogen and oxygen atoms in total. The minimum atomic E-state index is -3.77. The van der Waals surface area contributed by atoms with Gasteiger partial charge in [-0.05, 0) is 23.8 Å². The lowest BCUT2D eigenvalue weighted by Gasteiger charge is -2.22. The van der Waals surface area contributed by atoms with E-state index in [2.05, 4.69) is 5.32 Å². The Morgan fingerprint density at radius 1 is 1.03 bits per heavy atom. The van der Waals surface area contributed by atoms with Crippen molar-refractivity contribution < 1.29 is 27.5 Å². The van der Waals surface area contributed by atoms with Gasteiger partial charge < -0.3 is 14.8 Å². The van der Waals surface area contributed by atoms with Crippen LogP contribution in [0.4, 0.5) is 5.69 Å². The molecule has 174 valence electrons. The molecule has 0 aliphatic rings. The topological polar surface area (TPSA) is 105 Å². The van der Waals surface area contributed by atoms with E-state index in [4.69, 9.17) is 9.47 Å². The number of hydrogen-bond acceptors (Lipinski definition) is 7. The van der Waals surface area contributed by atoms with Crippen LogP contribution in [0.25, 0.3) is 0 Å². The summed E-state index contributed by atoms with van der Waals surface area (Å²) in [5.74, 6) is -0.526. The maximum atomic E-state index is 12.7. The van der Waals surface area contributed by atoms with Crippen molar-refractivity contribution in [3.05, 3.63) is 54.1 Å². The van der Waals surface area contributed by atoms with Crippen LogP contribution in [0.3, 0.4) is 0 Å². The summed E-state index contributed by atoms with van der Waals surface area (Å²) in [6.45, 7) is 0.805. The van der Waals surface area contributed by atoms with Crippen LogP contribution in [0.15, 0.2) is 53.4 Å². The number of carbonyl (C=O) groups is 2. The molecule has 1 amide bonds. The fourth-order valence-corrected chi connectivity index (χ4v) is 4.04. The van der Waals surface area contributed by atoms with Gasteiger partial charge in [-0.15, -0.1) is 0 Å². The molecule has 0 spiro atoms. The summed E-state index contributed by atoms with van der Waals surface area (Å²) >= 11 is 0. The van der Waals surface area contributed by atoms with Crippen LogP contribution in [0.5, 0.6) is 5.75 Å². The zero-order valence-electron chi connectivity index (χ0n) is 18.7. The number of nitrogens with one attached hydrogen (secondary N) is 1. The quantitative estimate of drug-likeness (QED) is 0.508. The van der Waals surface area contributed by atoms with Gasteiger partial charge in [0, 0.05) is 32.9 Å². The van der Waals surface area contributed by atoms with Gasteiger partial charge in [0.1, 0.15) is 10.6 Å². The summed E-state index contributed by atoms with van der Waals surface area (Å²) < 4.78 is 36.1. The van der Waals surface area contributed by atoms with Crippen LogP contribution >= 0.6 is 0 Å².